The number of nitrogens with one attached hydrogen (secondary N) is 2. The Balaban J connectivity index is 1.60. The molecule has 0 bridgehead atoms. The monoisotopic (exact) mass is 447 g/mol. The molecule has 2 atom stereocenters. The van der Waals surface area contributed by atoms with Crippen LogP contribution in [-0.2, 0) is 21.5 Å². The molecule has 8 heteroatoms. The third kappa shape index (κ3) is 4.77. The van der Waals surface area contributed by atoms with E-state index < -0.39 is 23.4 Å². The van der Waals surface area contributed by atoms with Crippen LogP contribution in [0.15, 0.2) is 48.5 Å². The van der Waals surface area contributed by atoms with Crippen LogP contribution in [0.3, 0.4) is 0 Å². The number of benzene rings is 2. The predicted molar refractivity (Wildman–Crippen MR) is 116 cm³/mol. The average Bonchev–Trinajstić information content (AvgIpc) is 2.93. The molecular weight excluding hydrogens is 425 g/mol. The molecule has 0 unspecified atom stereocenters. The molecule has 1 aliphatic rings. The zero-order chi connectivity index (χ0) is 21.9. The third-order valence-electron chi connectivity index (χ3n) is 5.19. The number of aryl methyl sites for hydroxylation is 1. The number of hydrogen-bond donors (Lipinski definition) is 2. The zero-order valence-electron chi connectivity index (χ0n) is 16.7. The average molecular weight is 448 g/mol. The van der Waals surface area contributed by atoms with Gasteiger partial charge in [0.25, 0.3) is 5.91 Å². The highest BCUT2D eigenvalue weighted by atomic mass is 35.5. The number of carbonyl (C=O) groups is 3. The largest absolute Gasteiger partial charge is 0.352 e. The summed E-state index contributed by atoms with van der Waals surface area (Å²) in [5.74, 6) is -0.907. The lowest BCUT2D eigenvalue weighted by Gasteiger charge is -2.23. The molecule has 3 rings (SSSR count). The highest BCUT2D eigenvalue weighted by molar-refractivity contribution is 6.42. The summed E-state index contributed by atoms with van der Waals surface area (Å²) in [6, 6.07) is 14.0. The van der Waals surface area contributed by atoms with Gasteiger partial charge in [-0.15, -0.1) is 0 Å². The minimum atomic E-state index is -1.31. The van der Waals surface area contributed by atoms with Crippen LogP contribution in [0, 0.1) is 0 Å². The van der Waals surface area contributed by atoms with Gasteiger partial charge in [-0.1, -0.05) is 59.6 Å². The summed E-state index contributed by atoms with van der Waals surface area (Å²) >= 11 is 12.0. The summed E-state index contributed by atoms with van der Waals surface area (Å²) in [4.78, 5) is 38.7. The number of amides is 4. The summed E-state index contributed by atoms with van der Waals surface area (Å²) in [6.07, 6.45) is 1.57. The number of hydrogen-bond acceptors (Lipinski definition) is 3. The predicted octanol–water partition coefficient (Wildman–Crippen LogP) is 3.90. The van der Waals surface area contributed by atoms with Crippen LogP contribution in [0.5, 0.6) is 0 Å². The molecule has 4 amide bonds. The number of imide groups is 1. The summed E-state index contributed by atoms with van der Waals surface area (Å²) in [5.41, 5.74) is 0.365. The fourth-order valence-electron chi connectivity index (χ4n) is 3.41. The van der Waals surface area contributed by atoms with E-state index in [-0.39, 0.29) is 17.6 Å². The van der Waals surface area contributed by atoms with Gasteiger partial charge in [0.1, 0.15) is 12.1 Å². The van der Waals surface area contributed by atoms with E-state index in [0.717, 1.165) is 17.7 Å². The van der Waals surface area contributed by atoms with Gasteiger partial charge in [-0.05, 0) is 49.9 Å². The van der Waals surface area contributed by atoms with Crippen molar-refractivity contribution in [3.63, 3.8) is 0 Å². The van der Waals surface area contributed by atoms with Crippen LogP contribution in [0.25, 0.3) is 0 Å². The van der Waals surface area contributed by atoms with Crippen LogP contribution >= 0.6 is 23.2 Å². The second kappa shape index (κ2) is 9.06. The second-order valence-electron chi connectivity index (χ2n) is 7.57. The molecule has 158 valence electrons. The molecule has 30 heavy (non-hydrogen) atoms. The lowest BCUT2D eigenvalue weighted by atomic mass is 9.92. The van der Waals surface area contributed by atoms with Gasteiger partial charge in [-0.3, -0.25) is 14.5 Å². The topological polar surface area (TPSA) is 78.5 Å². The lowest BCUT2D eigenvalue weighted by molar-refractivity contribution is -0.135. The van der Waals surface area contributed by atoms with Crippen molar-refractivity contribution in [3.8, 4) is 0 Å². The van der Waals surface area contributed by atoms with Crippen molar-refractivity contribution in [3.05, 3.63) is 69.7 Å². The maximum atomic E-state index is 13.0. The second-order valence-corrected chi connectivity index (χ2v) is 8.38. The van der Waals surface area contributed by atoms with E-state index in [4.69, 9.17) is 23.2 Å². The first-order valence-electron chi connectivity index (χ1n) is 9.63. The van der Waals surface area contributed by atoms with E-state index in [1.165, 1.54) is 11.6 Å². The van der Waals surface area contributed by atoms with Crippen molar-refractivity contribution in [2.75, 3.05) is 6.54 Å². The van der Waals surface area contributed by atoms with Crippen LogP contribution in [-0.4, -0.2) is 35.3 Å². The van der Waals surface area contributed by atoms with Gasteiger partial charge in [-0.25, -0.2) is 4.79 Å². The Kier molecular flexibility index (Phi) is 6.68. The van der Waals surface area contributed by atoms with Gasteiger partial charge in [0.05, 0.1) is 10.0 Å². The van der Waals surface area contributed by atoms with Crippen molar-refractivity contribution in [2.24, 2.45) is 0 Å². The molecule has 1 heterocycles. The van der Waals surface area contributed by atoms with E-state index in [0.29, 0.717) is 10.6 Å². The molecule has 0 saturated carbocycles. The van der Waals surface area contributed by atoms with Gasteiger partial charge in [0.2, 0.25) is 5.91 Å². The molecule has 2 aromatic rings. The number of nitrogens with zero attached hydrogens (tertiary/aromatic N) is 1. The maximum absolute atomic E-state index is 13.0. The molecule has 0 aliphatic carbocycles. The van der Waals surface area contributed by atoms with Crippen LogP contribution in [0.1, 0.15) is 31.4 Å². The first-order valence-corrected chi connectivity index (χ1v) is 10.4. The summed E-state index contributed by atoms with van der Waals surface area (Å²) in [5, 5.41) is 6.13. The molecule has 1 aliphatic heterocycles. The molecule has 1 fully saturated rings. The normalized spacial score (nSPS) is 19.5. The minimum Gasteiger partial charge on any atom is -0.352 e. The lowest BCUT2D eigenvalue weighted by Crippen LogP contribution is -2.45. The van der Waals surface area contributed by atoms with E-state index in [2.05, 4.69) is 10.6 Å². The fraction of sp³-hybridized carbons (Fsp3) is 0.318. The van der Waals surface area contributed by atoms with Crippen LogP contribution < -0.4 is 10.6 Å². The van der Waals surface area contributed by atoms with E-state index in [9.17, 15) is 14.4 Å². The van der Waals surface area contributed by atoms with Gasteiger partial charge in [0.15, 0.2) is 0 Å². The summed E-state index contributed by atoms with van der Waals surface area (Å²) < 4.78 is 0. The summed E-state index contributed by atoms with van der Waals surface area (Å²) in [7, 11) is 0. The Morgan fingerprint density at radius 2 is 1.83 bits per heavy atom. The quantitative estimate of drug-likeness (QED) is 0.631. The number of rotatable bonds is 7. The summed E-state index contributed by atoms with van der Waals surface area (Å²) in [6.45, 7) is 3.12. The Morgan fingerprint density at radius 1 is 1.13 bits per heavy atom. The van der Waals surface area contributed by atoms with E-state index in [1.807, 2.05) is 37.3 Å². The maximum Gasteiger partial charge on any atom is 0.325 e. The van der Waals surface area contributed by atoms with Gasteiger partial charge in [0, 0.05) is 6.04 Å². The highest BCUT2D eigenvalue weighted by Gasteiger charge is 2.49. The van der Waals surface area contributed by atoms with E-state index in [1.54, 1.807) is 19.1 Å². The molecule has 0 spiro atoms. The zero-order valence-corrected chi connectivity index (χ0v) is 18.3. The van der Waals surface area contributed by atoms with Gasteiger partial charge >= 0.3 is 6.03 Å². The standard InChI is InChI=1S/C22H23Cl2N3O3/c1-14(8-9-15-6-4-3-5-7-15)25-19(28)13-27-20(29)22(2,26-21(27)30)16-10-11-17(23)18(24)12-16/h3-7,10-12,14H,8-9,13H2,1-2H3,(H,25,28)(H,26,30)/t14-,22+/m0/s1. The van der Waals surface area contributed by atoms with Crippen molar-refractivity contribution in [1.29, 1.82) is 0 Å². The Hall–Kier alpha value is -2.57. The minimum absolute atomic E-state index is 0.0973. The van der Waals surface area contributed by atoms with Crippen molar-refractivity contribution in [2.45, 2.75) is 38.3 Å². The number of halogens is 2. The fourth-order valence-corrected chi connectivity index (χ4v) is 3.71. The number of carbonyl (C=O) groups excluding carboxylic acids is 3. The molecule has 0 radical (unpaired) electrons. The number of urea groups is 1. The molecular formula is C22H23Cl2N3O3. The molecule has 2 N–H and O–H groups in total. The Morgan fingerprint density at radius 3 is 2.50 bits per heavy atom. The van der Waals surface area contributed by atoms with Gasteiger partial charge in [-0.2, -0.15) is 0 Å². The first-order chi connectivity index (χ1) is 14.2. The molecule has 0 aromatic heterocycles. The van der Waals surface area contributed by atoms with E-state index >= 15 is 0 Å². The van der Waals surface area contributed by atoms with Crippen molar-refractivity contribution >= 4 is 41.0 Å². The molecule has 6 nitrogen and oxygen atoms in total. The first kappa shape index (κ1) is 22.1. The SMILES string of the molecule is C[C@@H](CCc1ccccc1)NC(=O)CN1C(=O)N[C@](C)(c2ccc(Cl)c(Cl)c2)C1=O. The van der Waals surface area contributed by atoms with Crippen molar-refractivity contribution in [1.82, 2.24) is 15.5 Å². The Bertz CT molecular complexity index is 967. The van der Waals surface area contributed by atoms with Crippen LogP contribution in [0.4, 0.5) is 4.79 Å². The smallest absolute Gasteiger partial charge is 0.325 e. The van der Waals surface area contributed by atoms with Crippen molar-refractivity contribution < 1.29 is 14.4 Å². The van der Waals surface area contributed by atoms with Gasteiger partial charge < -0.3 is 10.6 Å². The molecule has 1 saturated heterocycles. The molecule has 2 aromatic carbocycles. The highest BCUT2D eigenvalue weighted by Crippen LogP contribution is 2.32. The van der Waals surface area contributed by atoms with Crippen LogP contribution in [0.2, 0.25) is 10.0 Å². The Labute approximate surface area is 185 Å². The third-order valence-corrected chi connectivity index (χ3v) is 5.93.